The SMILES string of the molecule is COc1cc(C=NNc2nc(N3CCOCC3)nc(N3CCOCC3)n2)ccc1OCc1ccc([N+](=O)[O-])cc1. The number of aromatic nitrogens is 3. The zero-order valence-corrected chi connectivity index (χ0v) is 22.1. The lowest BCUT2D eigenvalue weighted by atomic mass is 10.2. The number of nitrogens with one attached hydrogen (secondary N) is 1. The van der Waals surface area contributed by atoms with Crippen molar-refractivity contribution in [3.63, 3.8) is 0 Å². The molecule has 0 amide bonds. The van der Waals surface area contributed by atoms with E-state index >= 15 is 0 Å². The van der Waals surface area contributed by atoms with Gasteiger partial charge in [0.2, 0.25) is 17.8 Å². The average Bonchev–Trinajstić information content (AvgIpc) is 3.01. The highest BCUT2D eigenvalue weighted by Gasteiger charge is 2.20. The Morgan fingerprint density at radius 2 is 1.57 bits per heavy atom. The molecule has 14 nitrogen and oxygen atoms in total. The first-order valence-corrected chi connectivity index (χ1v) is 12.8. The number of anilines is 3. The number of rotatable bonds is 10. The highest BCUT2D eigenvalue weighted by atomic mass is 16.6. The van der Waals surface area contributed by atoms with Gasteiger partial charge >= 0.3 is 0 Å². The lowest BCUT2D eigenvalue weighted by Gasteiger charge is -2.30. The molecule has 2 fully saturated rings. The zero-order chi connectivity index (χ0) is 27.7. The van der Waals surface area contributed by atoms with Crippen LogP contribution in [0.25, 0.3) is 0 Å². The Bertz CT molecular complexity index is 1290. The van der Waals surface area contributed by atoms with Crippen LogP contribution in [-0.4, -0.2) is 85.8 Å². The smallest absolute Gasteiger partial charge is 0.269 e. The van der Waals surface area contributed by atoms with E-state index in [1.165, 1.54) is 12.1 Å². The van der Waals surface area contributed by atoms with Gasteiger partial charge in [0.05, 0.1) is 44.7 Å². The minimum absolute atomic E-state index is 0.0328. The fourth-order valence-corrected chi connectivity index (χ4v) is 4.14. The highest BCUT2D eigenvalue weighted by Crippen LogP contribution is 2.28. The van der Waals surface area contributed by atoms with Crippen LogP contribution in [-0.2, 0) is 16.1 Å². The summed E-state index contributed by atoms with van der Waals surface area (Å²) in [6.07, 6.45) is 1.63. The molecular formula is C26H30N8O6. The maximum atomic E-state index is 10.8. The van der Waals surface area contributed by atoms with Gasteiger partial charge in [-0.25, -0.2) is 5.43 Å². The van der Waals surface area contributed by atoms with Crippen molar-refractivity contribution in [3.05, 3.63) is 63.7 Å². The Morgan fingerprint density at radius 1 is 0.950 bits per heavy atom. The van der Waals surface area contributed by atoms with E-state index < -0.39 is 4.92 Å². The van der Waals surface area contributed by atoms with Crippen LogP contribution in [0.15, 0.2) is 47.6 Å². The van der Waals surface area contributed by atoms with Gasteiger partial charge in [0.1, 0.15) is 6.61 Å². The summed E-state index contributed by atoms with van der Waals surface area (Å²) >= 11 is 0. The summed E-state index contributed by atoms with van der Waals surface area (Å²) in [4.78, 5) is 28.4. The van der Waals surface area contributed by atoms with E-state index in [2.05, 4.69) is 30.3 Å². The second-order valence-electron chi connectivity index (χ2n) is 8.95. The first-order chi connectivity index (χ1) is 19.6. The molecule has 0 aliphatic carbocycles. The Labute approximate surface area is 230 Å². The predicted octanol–water partition coefficient (Wildman–Crippen LogP) is 2.49. The number of nitro groups is 1. The van der Waals surface area contributed by atoms with E-state index in [1.807, 2.05) is 6.07 Å². The molecule has 1 aromatic heterocycles. The van der Waals surface area contributed by atoms with Crippen LogP contribution in [0.5, 0.6) is 11.5 Å². The quantitative estimate of drug-likeness (QED) is 0.224. The molecule has 3 heterocycles. The van der Waals surface area contributed by atoms with Crippen LogP contribution < -0.4 is 24.7 Å². The third-order valence-corrected chi connectivity index (χ3v) is 6.31. The molecular weight excluding hydrogens is 520 g/mol. The molecule has 2 saturated heterocycles. The molecule has 2 aliphatic rings. The number of ether oxygens (including phenoxy) is 4. The van der Waals surface area contributed by atoms with Crippen LogP contribution >= 0.6 is 0 Å². The van der Waals surface area contributed by atoms with Gasteiger partial charge in [-0.2, -0.15) is 20.1 Å². The second kappa shape index (κ2) is 13.0. The second-order valence-corrected chi connectivity index (χ2v) is 8.95. The minimum atomic E-state index is -0.435. The third kappa shape index (κ3) is 6.90. The van der Waals surface area contributed by atoms with E-state index in [0.717, 1.165) is 11.1 Å². The van der Waals surface area contributed by atoms with Gasteiger partial charge < -0.3 is 28.7 Å². The molecule has 1 N–H and O–H groups in total. The summed E-state index contributed by atoms with van der Waals surface area (Å²) in [6.45, 7) is 5.52. The van der Waals surface area contributed by atoms with Crippen molar-refractivity contribution in [1.29, 1.82) is 0 Å². The van der Waals surface area contributed by atoms with Crippen LogP contribution in [0.4, 0.5) is 23.5 Å². The molecule has 2 aliphatic heterocycles. The highest BCUT2D eigenvalue weighted by molar-refractivity contribution is 5.81. The first-order valence-electron chi connectivity index (χ1n) is 12.8. The number of benzene rings is 2. The number of hydrazone groups is 1. The average molecular weight is 551 g/mol. The monoisotopic (exact) mass is 550 g/mol. The number of hydrogen-bond acceptors (Lipinski definition) is 13. The maximum Gasteiger partial charge on any atom is 0.269 e. The summed E-state index contributed by atoms with van der Waals surface area (Å²) in [6, 6.07) is 11.6. The van der Waals surface area contributed by atoms with Crippen LogP contribution in [0, 0.1) is 10.1 Å². The summed E-state index contributed by atoms with van der Waals surface area (Å²) in [5.74, 6) is 2.55. The predicted molar refractivity (Wildman–Crippen MR) is 148 cm³/mol. The standard InChI is InChI=1S/C26H30N8O6/c1-37-23-16-20(4-7-22(23)40-18-19-2-5-21(6-3-19)34(35)36)17-27-31-24-28-25(32-8-12-38-13-9-32)30-26(29-24)33-10-14-39-15-11-33/h2-7,16-17H,8-15,18H2,1H3,(H,28,29,30,31). The number of hydrogen-bond donors (Lipinski definition) is 1. The molecule has 210 valence electrons. The fraction of sp³-hybridized carbons (Fsp3) is 0.385. The molecule has 0 atom stereocenters. The number of nitrogens with zero attached hydrogens (tertiary/aromatic N) is 7. The molecule has 0 saturated carbocycles. The minimum Gasteiger partial charge on any atom is -0.493 e. The molecule has 0 radical (unpaired) electrons. The number of non-ortho nitro benzene ring substituents is 1. The number of morpholine rings is 2. The topological polar surface area (TPSA) is 150 Å². The zero-order valence-electron chi connectivity index (χ0n) is 22.1. The van der Waals surface area contributed by atoms with Gasteiger partial charge in [-0.15, -0.1) is 0 Å². The summed E-state index contributed by atoms with van der Waals surface area (Å²) < 4.78 is 22.3. The molecule has 0 bridgehead atoms. The van der Waals surface area contributed by atoms with Crippen molar-refractivity contribution in [2.45, 2.75) is 6.61 Å². The fourth-order valence-electron chi connectivity index (χ4n) is 4.14. The van der Waals surface area contributed by atoms with Crippen molar-refractivity contribution in [2.24, 2.45) is 5.10 Å². The molecule has 0 unspecified atom stereocenters. The maximum absolute atomic E-state index is 10.8. The van der Waals surface area contributed by atoms with Crippen LogP contribution in [0.1, 0.15) is 11.1 Å². The van der Waals surface area contributed by atoms with Gasteiger partial charge in [-0.3, -0.25) is 10.1 Å². The largest absolute Gasteiger partial charge is 0.493 e. The Kier molecular flexibility index (Phi) is 8.78. The Balaban J connectivity index is 1.26. The Hall–Kier alpha value is -4.56. The van der Waals surface area contributed by atoms with E-state index in [0.29, 0.717) is 82.0 Å². The van der Waals surface area contributed by atoms with Crippen molar-refractivity contribution in [1.82, 2.24) is 15.0 Å². The van der Waals surface area contributed by atoms with Gasteiger partial charge in [0, 0.05) is 38.3 Å². The van der Waals surface area contributed by atoms with E-state index in [4.69, 9.17) is 23.9 Å². The molecule has 5 rings (SSSR count). The van der Waals surface area contributed by atoms with Crippen LogP contribution in [0.3, 0.4) is 0 Å². The summed E-state index contributed by atoms with van der Waals surface area (Å²) in [7, 11) is 1.55. The molecule has 0 spiro atoms. The number of methoxy groups -OCH3 is 1. The Morgan fingerprint density at radius 3 is 2.15 bits per heavy atom. The van der Waals surface area contributed by atoms with Crippen molar-refractivity contribution in [2.75, 3.05) is 74.9 Å². The molecule has 3 aromatic rings. The van der Waals surface area contributed by atoms with Gasteiger partial charge in [0.25, 0.3) is 5.69 Å². The van der Waals surface area contributed by atoms with Crippen LogP contribution in [0.2, 0.25) is 0 Å². The van der Waals surface area contributed by atoms with E-state index in [9.17, 15) is 10.1 Å². The van der Waals surface area contributed by atoms with E-state index in [-0.39, 0.29) is 12.3 Å². The molecule has 40 heavy (non-hydrogen) atoms. The summed E-state index contributed by atoms with van der Waals surface area (Å²) in [5.41, 5.74) is 4.53. The number of nitro benzene ring substituents is 1. The normalized spacial score (nSPS) is 15.7. The lowest BCUT2D eigenvalue weighted by Crippen LogP contribution is -2.40. The van der Waals surface area contributed by atoms with Crippen molar-refractivity contribution >= 4 is 29.7 Å². The molecule has 14 heteroatoms. The first kappa shape index (κ1) is 27.0. The molecule has 2 aromatic carbocycles. The van der Waals surface area contributed by atoms with Gasteiger partial charge in [-0.05, 0) is 41.5 Å². The lowest BCUT2D eigenvalue weighted by molar-refractivity contribution is -0.384. The van der Waals surface area contributed by atoms with Crippen molar-refractivity contribution in [3.8, 4) is 11.5 Å². The van der Waals surface area contributed by atoms with E-state index in [1.54, 1.807) is 37.6 Å². The van der Waals surface area contributed by atoms with Gasteiger partial charge in [0.15, 0.2) is 11.5 Å². The van der Waals surface area contributed by atoms with Gasteiger partial charge in [-0.1, -0.05) is 0 Å². The third-order valence-electron chi connectivity index (χ3n) is 6.31. The van der Waals surface area contributed by atoms with Crippen molar-refractivity contribution < 1.29 is 23.9 Å². The summed E-state index contributed by atoms with van der Waals surface area (Å²) in [5, 5.41) is 15.2.